The standard InChI is InChI=1S/C14H21N5O3/c1-16-11(20)14(17(2)13(16)22)3-6-18(7-4-14)9-10-19-8-5-15-12(19)21/h5,8H,3-4,6-7,9-10H2,1-2H3,(H,15,21). The number of aromatic nitrogens is 2. The van der Waals surface area contributed by atoms with Crippen molar-refractivity contribution in [2.24, 2.45) is 0 Å². The molecule has 3 heterocycles. The second-order valence-corrected chi connectivity index (χ2v) is 6.04. The molecule has 1 N–H and O–H groups in total. The zero-order valence-electron chi connectivity index (χ0n) is 12.9. The van der Waals surface area contributed by atoms with Crippen LogP contribution in [0, 0.1) is 0 Å². The van der Waals surface area contributed by atoms with Gasteiger partial charge in [0.15, 0.2) is 0 Å². The molecular formula is C14H21N5O3. The van der Waals surface area contributed by atoms with Crippen LogP contribution < -0.4 is 5.69 Å². The van der Waals surface area contributed by atoms with Gasteiger partial charge in [0.25, 0.3) is 5.91 Å². The topological polar surface area (TPSA) is 81.7 Å². The van der Waals surface area contributed by atoms with Crippen molar-refractivity contribution in [1.82, 2.24) is 24.3 Å². The molecule has 8 heteroatoms. The summed E-state index contributed by atoms with van der Waals surface area (Å²) in [5, 5.41) is 0. The molecule has 1 aromatic rings. The molecular weight excluding hydrogens is 286 g/mol. The van der Waals surface area contributed by atoms with Crippen LogP contribution in [0.3, 0.4) is 0 Å². The summed E-state index contributed by atoms with van der Waals surface area (Å²) < 4.78 is 1.63. The first-order chi connectivity index (χ1) is 10.5. The molecule has 0 aromatic carbocycles. The number of likely N-dealkylation sites (tertiary alicyclic amines) is 1. The highest BCUT2D eigenvalue weighted by Crippen LogP contribution is 2.35. The predicted molar refractivity (Wildman–Crippen MR) is 79.4 cm³/mol. The van der Waals surface area contributed by atoms with Gasteiger partial charge >= 0.3 is 11.7 Å². The summed E-state index contributed by atoms with van der Waals surface area (Å²) in [6.07, 6.45) is 4.64. The number of piperidine rings is 1. The van der Waals surface area contributed by atoms with E-state index < -0.39 is 5.54 Å². The highest BCUT2D eigenvalue weighted by atomic mass is 16.2. The maximum atomic E-state index is 12.4. The average Bonchev–Trinajstić information content (AvgIpc) is 3.00. The number of imidazole rings is 1. The maximum Gasteiger partial charge on any atom is 0.327 e. The lowest BCUT2D eigenvalue weighted by Crippen LogP contribution is -2.55. The molecule has 2 saturated heterocycles. The lowest BCUT2D eigenvalue weighted by atomic mass is 9.86. The van der Waals surface area contributed by atoms with Gasteiger partial charge in [-0.3, -0.25) is 14.3 Å². The number of nitrogens with one attached hydrogen (secondary N) is 1. The predicted octanol–water partition coefficient (Wildman–Crippen LogP) is -0.465. The Balaban J connectivity index is 1.61. The molecule has 8 nitrogen and oxygen atoms in total. The van der Waals surface area contributed by atoms with Crippen LogP contribution in [-0.2, 0) is 11.3 Å². The Morgan fingerprint density at radius 3 is 2.32 bits per heavy atom. The van der Waals surface area contributed by atoms with Crippen LogP contribution in [0.4, 0.5) is 4.79 Å². The normalized spacial score (nSPS) is 22.1. The van der Waals surface area contributed by atoms with E-state index in [0.29, 0.717) is 19.4 Å². The van der Waals surface area contributed by atoms with Crippen LogP contribution in [0.25, 0.3) is 0 Å². The van der Waals surface area contributed by atoms with Crippen molar-refractivity contribution < 1.29 is 9.59 Å². The highest BCUT2D eigenvalue weighted by Gasteiger charge is 2.55. The molecule has 0 bridgehead atoms. The molecule has 0 radical (unpaired) electrons. The number of urea groups is 1. The van der Waals surface area contributed by atoms with Crippen LogP contribution >= 0.6 is 0 Å². The Morgan fingerprint density at radius 2 is 1.82 bits per heavy atom. The summed E-state index contributed by atoms with van der Waals surface area (Å²) in [6.45, 7) is 2.88. The van der Waals surface area contributed by atoms with Gasteiger partial charge in [-0.2, -0.15) is 0 Å². The Morgan fingerprint density at radius 1 is 1.14 bits per heavy atom. The van der Waals surface area contributed by atoms with E-state index in [1.165, 1.54) is 4.90 Å². The Kier molecular flexibility index (Phi) is 3.56. The van der Waals surface area contributed by atoms with Crippen molar-refractivity contribution >= 4 is 11.9 Å². The fourth-order valence-electron chi connectivity index (χ4n) is 3.42. The smallest absolute Gasteiger partial charge is 0.313 e. The minimum Gasteiger partial charge on any atom is -0.313 e. The minimum absolute atomic E-state index is 0.0958. The fraction of sp³-hybridized carbons (Fsp3) is 0.643. The van der Waals surface area contributed by atoms with Gasteiger partial charge in [0, 0.05) is 52.7 Å². The van der Waals surface area contributed by atoms with E-state index in [-0.39, 0.29) is 17.6 Å². The van der Waals surface area contributed by atoms with Gasteiger partial charge in [-0.05, 0) is 12.8 Å². The first-order valence-electron chi connectivity index (χ1n) is 7.48. The number of carbonyl (C=O) groups is 2. The minimum atomic E-state index is -0.673. The summed E-state index contributed by atoms with van der Waals surface area (Å²) in [4.78, 5) is 43.5. The van der Waals surface area contributed by atoms with Gasteiger partial charge in [0.2, 0.25) is 0 Å². The monoisotopic (exact) mass is 307 g/mol. The van der Waals surface area contributed by atoms with Crippen molar-refractivity contribution in [2.45, 2.75) is 24.9 Å². The first kappa shape index (κ1) is 14.8. The quantitative estimate of drug-likeness (QED) is 0.766. The van der Waals surface area contributed by atoms with E-state index in [1.54, 1.807) is 36.0 Å². The van der Waals surface area contributed by atoms with E-state index in [9.17, 15) is 14.4 Å². The van der Waals surface area contributed by atoms with Crippen LogP contribution in [0.15, 0.2) is 17.2 Å². The van der Waals surface area contributed by atoms with Crippen molar-refractivity contribution in [3.8, 4) is 0 Å². The maximum absolute atomic E-state index is 12.4. The summed E-state index contributed by atoms with van der Waals surface area (Å²) >= 11 is 0. The fourth-order valence-corrected chi connectivity index (χ4v) is 3.42. The molecule has 3 amide bonds. The molecule has 120 valence electrons. The summed E-state index contributed by atoms with van der Waals surface area (Å²) in [7, 11) is 3.25. The number of nitrogens with zero attached hydrogens (tertiary/aromatic N) is 4. The van der Waals surface area contributed by atoms with E-state index in [2.05, 4.69) is 9.88 Å². The zero-order valence-corrected chi connectivity index (χ0v) is 12.9. The van der Waals surface area contributed by atoms with E-state index in [4.69, 9.17) is 0 Å². The number of rotatable bonds is 3. The Bertz CT molecular complexity index is 641. The summed E-state index contributed by atoms with van der Waals surface area (Å²) in [6, 6.07) is -0.225. The summed E-state index contributed by atoms with van der Waals surface area (Å²) in [5.74, 6) is -0.0958. The van der Waals surface area contributed by atoms with Gasteiger partial charge in [-0.1, -0.05) is 0 Å². The molecule has 22 heavy (non-hydrogen) atoms. The lowest BCUT2D eigenvalue weighted by molar-refractivity contribution is -0.134. The number of imide groups is 1. The third-order valence-corrected chi connectivity index (χ3v) is 4.98. The number of H-pyrrole nitrogens is 1. The molecule has 3 rings (SSSR count). The molecule has 2 aliphatic rings. The SMILES string of the molecule is CN1C(=O)N(C)C2(CCN(CCn3cc[nH]c3=O)CC2)C1=O. The van der Waals surface area contributed by atoms with Crippen LogP contribution in [-0.4, -0.2) is 75.5 Å². The molecule has 0 unspecified atom stereocenters. The molecule has 1 aromatic heterocycles. The number of hydrogen-bond donors (Lipinski definition) is 1. The van der Waals surface area contributed by atoms with Crippen LogP contribution in [0.2, 0.25) is 0 Å². The Hall–Kier alpha value is -2.09. The van der Waals surface area contributed by atoms with Crippen molar-refractivity contribution in [1.29, 1.82) is 0 Å². The van der Waals surface area contributed by atoms with Crippen molar-refractivity contribution in [2.75, 3.05) is 33.7 Å². The van der Waals surface area contributed by atoms with Gasteiger partial charge < -0.3 is 14.8 Å². The number of amides is 3. The third-order valence-electron chi connectivity index (χ3n) is 4.98. The van der Waals surface area contributed by atoms with Gasteiger partial charge in [0.05, 0.1) is 0 Å². The lowest BCUT2D eigenvalue weighted by Gasteiger charge is -2.40. The van der Waals surface area contributed by atoms with E-state index >= 15 is 0 Å². The molecule has 2 fully saturated rings. The average molecular weight is 307 g/mol. The number of aromatic amines is 1. The van der Waals surface area contributed by atoms with Crippen molar-refractivity contribution in [3.63, 3.8) is 0 Å². The molecule has 2 aliphatic heterocycles. The highest BCUT2D eigenvalue weighted by molar-refractivity contribution is 6.06. The second kappa shape index (κ2) is 5.28. The number of likely N-dealkylation sites (N-methyl/N-ethyl adjacent to an activating group) is 2. The second-order valence-electron chi connectivity index (χ2n) is 6.04. The zero-order chi connectivity index (χ0) is 15.9. The van der Waals surface area contributed by atoms with Gasteiger partial charge in [0.1, 0.15) is 5.54 Å². The van der Waals surface area contributed by atoms with Crippen molar-refractivity contribution in [3.05, 3.63) is 22.9 Å². The molecule has 0 aliphatic carbocycles. The van der Waals surface area contributed by atoms with Gasteiger partial charge in [-0.15, -0.1) is 0 Å². The Labute approximate surface area is 128 Å². The molecule has 1 spiro atoms. The van der Waals surface area contributed by atoms with Crippen LogP contribution in [0.5, 0.6) is 0 Å². The largest absolute Gasteiger partial charge is 0.327 e. The first-order valence-corrected chi connectivity index (χ1v) is 7.48. The van der Waals surface area contributed by atoms with Gasteiger partial charge in [-0.25, -0.2) is 9.59 Å². The molecule has 0 atom stereocenters. The van der Waals surface area contributed by atoms with Crippen LogP contribution in [0.1, 0.15) is 12.8 Å². The number of hydrogen-bond acceptors (Lipinski definition) is 4. The summed E-state index contributed by atoms with van der Waals surface area (Å²) in [5.41, 5.74) is -0.779. The molecule has 0 saturated carbocycles. The third kappa shape index (κ3) is 2.14. The number of carbonyl (C=O) groups excluding carboxylic acids is 2. The van der Waals surface area contributed by atoms with E-state index in [1.807, 2.05) is 0 Å². The van der Waals surface area contributed by atoms with E-state index in [0.717, 1.165) is 19.6 Å².